The molecule has 1 aromatic carbocycles. The highest BCUT2D eigenvalue weighted by atomic mass is 16.5. The van der Waals surface area contributed by atoms with Gasteiger partial charge in [0, 0.05) is 36.9 Å². The van der Waals surface area contributed by atoms with Crippen molar-refractivity contribution in [2.75, 3.05) is 31.6 Å². The van der Waals surface area contributed by atoms with Crippen molar-refractivity contribution in [2.45, 2.75) is 51.5 Å². The zero-order chi connectivity index (χ0) is 19.1. The number of amides is 2. The van der Waals surface area contributed by atoms with Gasteiger partial charge in [0.25, 0.3) is 5.91 Å². The predicted octanol–water partition coefficient (Wildman–Crippen LogP) is 3.64. The van der Waals surface area contributed by atoms with Gasteiger partial charge in [-0.25, -0.2) is 4.79 Å². The number of carbonyl (C=O) groups is 2. The van der Waals surface area contributed by atoms with Crippen molar-refractivity contribution in [2.24, 2.45) is 5.92 Å². The molecule has 0 spiro atoms. The first-order valence-corrected chi connectivity index (χ1v) is 10.2. The Morgan fingerprint density at radius 3 is 2.59 bits per heavy atom. The lowest BCUT2D eigenvalue weighted by molar-refractivity contribution is 0.0905. The molecule has 1 saturated heterocycles. The van der Waals surface area contributed by atoms with Gasteiger partial charge < -0.3 is 15.0 Å². The van der Waals surface area contributed by atoms with Crippen LogP contribution in [0, 0.1) is 5.92 Å². The Morgan fingerprint density at radius 2 is 1.89 bits per heavy atom. The molecule has 27 heavy (non-hydrogen) atoms. The van der Waals surface area contributed by atoms with Gasteiger partial charge in [0.1, 0.15) is 0 Å². The number of carbonyl (C=O) groups excluding carboxylic acids is 2. The Balaban J connectivity index is 1.45. The van der Waals surface area contributed by atoms with E-state index < -0.39 is 6.09 Å². The van der Waals surface area contributed by atoms with E-state index in [-0.39, 0.29) is 11.9 Å². The highest BCUT2D eigenvalue weighted by Gasteiger charge is 2.24. The molecule has 0 bridgehead atoms. The van der Waals surface area contributed by atoms with Gasteiger partial charge in [-0.3, -0.25) is 10.1 Å². The van der Waals surface area contributed by atoms with Gasteiger partial charge in [0.05, 0.1) is 6.61 Å². The van der Waals surface area contributed by atoms with Gasteiger partial charge in [-0.2, -0.15) is 0 Å². The van der Waals surface area contributed by atoms with E-state index in [1.807, 2.05) is 0 Å². The fourth-order valence-electron chi connectivity index (χ4n) is 4.11. The molecule has 0 atom stereocenters. The minimum absolute atomic E-state index is 0.0863. The Morgan fingerprint density at radius 1 is 1.15 bits per heavy atom. The second-order valence-corrected chi connectivity index (χ2v) is 7.63. The molecule has 2 N–H and O–H groups in total. The number of ether oxygens (including phenoxy) is 1. The lowest BCUT2D eigenvalue weighted by Crippen LogP contribution is -2.45. The van der Waals surface area contributed by atoms with Gasteiger partial charge in [0.2, 0.25) is 0 Å². The van der Waals surface area contributed by atoms with Crippen LogP contribution in [-0.4, -0.2) is 49.2 Å². The average Bonchev–Trinajstić information content (AvgIpc) is 3.17. The standard InChI is InChI=1S/C21H31N3O3/c1-2-27-21(26)23-19-9-5-8-17(14-19)20(25)22-18-10-12-24(13-11-18)15-16-6-3-4-7-16/h5,8-9,14,16,18H,2-4,6-7,10-13,15H2,1H3,(H,22,25)(H,23,26). The predicted molar refractivity (Wildman–Crippen MR) is 106 cm³/mol. The fraction of sp³-hybridized carbons (Fsp3) is 0.619. The molecular weight excluding hydrogens is 342 g/mol. The Kier molecular flexibility index (Phi) is 7.10. The topological polar surface area (TPSA) is 70.7 Å². The summed E-state index contributed by atoms with van der Waals surface area (Å²) < 4.78 is 4.87. The summed E-state index contributed by atoms with van der Waals surface area (Å²) in [6.07, 6.45) is 7.03. The molecule has 1 saturated carbocycles. The Bertz CT molecular complexity index is 635. The van der Waals surface area contributed by atoms with Gasteiger partial charge in [0.15, 0.2) is 0 Å². The normalized spacial score (nSPS) is 19.0. The van der Waals surface area contributed by atoms with Crippen molar-refractivity contribution in [3.05, 3.63) is 29.8 Å². The summed E-state index contributed by atoms with van der Waals surface area (Å²) in [5, 5.41) is 5.78. The van der Waals surface area contributed by atoms with Crippen molar-refractivity contribution >= 4 is 17.7 Å². The molecule has 2 fully saturated rings. The van der Waals surface area contributed by atoms with Crippen LogP contribution in [-0.2, 0) is 4.74 Å². The summed E-state index contributed by atoms with van der Waals surface area (Å²) in [6.45, 7) is 5.41. The van der Waals surface area contributed by atoms with Crippen LogP contribution in [0.5, 0.6) is 0 Å². The molecule has 1 aromatic rings. The van der Waals surface area contributed by atoms with Gasteiger partial charge >= 0.3 is 6.09 Å². The average molecular weight is 373 g/mol. The van der Waals surface area contributed by atoms with E-state index in [9.17, 15) is 9.59 Å². The van der Waals surface area contributed by atoms with E-state index in [1.54, 1.807) is 31.2 Å². The first-order chi connectivity index (χ1) is 13.1. The van der Waals surface area contributed by atoms with E-state index in [4.69, 9.17) is 4.74 Å². The first kappa shape index (κ1) is 19.7. The fourth-order valence-corrected chi connectivity index (χ4v) is 4.11. The third kappa shape index (κ3) is 5.96. The largest absolute Gasteiger partial charge is 0.450 e. The minimum Gasteiger partial charge on any atom is -0.450 e. The van der Waals surface area contributed by atoms with Crippen molar-refractivity contribution in [1.29, 1.82) is 0 Å². The van der Waals surface area contributed by atoms with Crippen molar-refractivity contribution in [1.82, 2.24) is 10.2 Å². The molecule has 2 aliphatic rings. The number of hydrogen-bond donors (Lipinski definition) is 2. The highest BCUT2D eigenvalue weighted by molar-refractivity contribution is 5.96. The number of hydrogen-bond acceptors (Lipinski definition) is 4. The van der Waals surface area contributed by atoms with Crippen LogP contribution in [0.3, 0.4) is 0 Å². The lowest BCUT2D eigenvalue weighted by atomic mass is 10.0. The Hall–Kier alpha value is -2.08. The van der Waals surface area contributed by atoms with Gasteiger partial charge in [-0.05, 0) is 56.7 Å². The van der Waals surface area contributed by atoms with E-state index >= 15 is 0 Å². The maximum Gasteiger partial charge on any atom is 0.411 e. The van der Waals surface area contributed by atoms with Gasteiger partial charge in [-0.1, -0.05) is 18.9 Å². The van der Waals surface area contributed by atoms with E-state index in [0.29, 0.717) is 17.9 Å². The monoisotopic (exact) mass is 373 g/mol. The van der Waals surface area contributed by atoms with Crippen LogP contribution in [0.4, 0.5) is 10.5 Å². The summed E-state index contributed by atoms with van der Waals surface area (Å²) in [5.74, 6) is 0.794. The molecule has 6 nitrogen and oxygen atoms in total. The summed E-state index contributed by atoms with van der Waals surface area (Å²) in [5.41, 5.74) is 1.12. The lowest BCUT2D eigenvalue weighted by Gasteiger charge is -2.33. The zero-order valence-corrected chi connectivity index (χ0v) is 16.2. The SMILES string of the molecule is CCOC(=O)Nc1cccc(C(=O)NC2CCN(CC3CCCC3)CC2)c1. The van der Waals surface area contributed by atoms with E-state index in [1.165, 1.54) is 32.2 Å². The molecule has 148 valence electrons. The van der Waals surface area contributed by atoms with E-state index in [2.05, 4.69) is 15.5 Å². The summed E-state index contributed by atoms with van der Waals surface area (Å²) in [4.78, 5) is 26.7. The molecule has 0 unspecified atom stereocenters. The molecule has 6 heteroatoms. The Labute approximate surface area is 161 Å². The number of anilines is 1. The number of benzene rings is 1. The van der Waals surface area contributed by atoms with Crippen molar-refractivity contribution in [3.8, 4) is 0 Å². The molecule has 2 amide bonds. The van der Waals surface area contributed by atoms with Gasteiger partial charge in [-0.15, -0.1) is 0 Å². The quantitative estimate of drug-likeness (QED) is 0.799. The molecule has 0 aromatic heterocycles. The molecule has 1 aliphatic heterocycles. The van der Waals surface area contributed by atoms with Crippen LogP contribution < -0.4 is 10.6 Å². The van der Waals surface area contributed by atoms with Crippen LogP contribution in [0.1, 0.15) is 55.8 Å². The summed E-state index contributed by atoms with van der Waals surface area (Å²) in [6, 6.07) is 7.18. The van der Waals surface area contributed by atoms with Crippen LogP contribution in [0.2, 0.25) is 0 Å². The smallest absolute Gasteiger partial charge is 0.411 e. The third-order valence-electron chi connectivity index (χ3n) is 5.56. The number of likely N-dealkylation sites (tertiary alicyclic amines) is 1. The molecule has 0 radical (unpaired) electrons. The molecular formula is C21H31N3O3. The van der Waals surface area contributed by atoms with Crippen LogP contribution in [0.15, 0.2) is 24.3 Å². The maximum absolute atomic E-state index is 12.6. The second-order valence-electron chi connectivity index (χ2n) is 7.63. The van der Waals surface area contributed by atoms with Crippen LogP contribution in [0.25, 0.3) is 0 Å². The first-order valence-electron chi connectivity index (χ1n) is 10.2. The number of piperidine rings is 1. The molecule has 1 aliphatic carbocycles. The number of nitrogens with one attached hydrogen (secondary N) is 2. The maximum atomic E-state index is 12.6. The summed E-state index contributed by atoms with van der Waals surface area (Å²) in [7, 11) is 0. The zero-order valence-electron chi connectivity index (χ0n) is 16.2. The molecule has 3 rings (SSSR count). The van der Waals surface area contributed by atoms with E-state index in [0.717, 1.165) is 31.8 Å². The summed E-state index contributed by atoms with van der Waals surface area (Å²) >= 11 is 0. The van der Waals surface area contributed by atoms with Crippen molar-refractivity contribution < 1.29 is 14.3 Å². The number of nitrogens with zero attached hydrogens (tertiary/aromatic N) is 1. The van der Waals surface area contributed by atoms with Crippen molar-refractivity contribution in [3.63, 3.8) is 0 Å². The highest BCUT2D eigenvalue weighted by Crippen LogP contribution is 2.26. The minimum atomic E-state index is -0.510. The van der Waals surface area contributed by atoms with Crippen LogP contribution >= 0.6 is 0 Å². The molecule has 1 heterocycles. The second kappa shape index (κ2) is 9.74. The number of rotatable bonds is 6. The third-order valence-corrected chi connectivity index (χ3v) is 5.56.